The van der Waals surface area contributed by atoms with Crippen molar-refractivity contribution in [1.29, 1.82) is 10.5 Å². The molecule has 0 bridgehead atoms. The van der Waals surface area contributed by atoms with Gasteiger partial charge in [0.25, 0.3) is 0 Å². The maximum Gasteiger partial charge on any atom is 0.207 e. The van der Waals surface area contributed by atoms with Gasteiger partial charge in [0.1, 0.15) is 17.7 Å². The first-order valence-corrected chi connectivity index (χ1v) is 20.0. The number of rotatable bonds is 5. The third-order valence-corrected chi connectivity index (χ3v) is 12.8. The van der Waals surface area contributed by atoms with Crippen LogP contribution in [0, 0.1) is 22.7 Å². The van der Waals surface area contributed by atoms with Crippen molar-refractivity contribution < 1.29 is 8.42 Å². The van der Waals surface area contributed by atoms with Gasteiger partial charge in [0, 0.05) is 50.4 Å². The summed E-state index contributed by atoms with van der Waals surface area (Å²) in [7, 11) is -4.11. The van der Waals surface area contributed by atoms with Gasteiger partial charge in [-0.05, 0) is 84.9 Å². The lowest BCUT2D eigenvalue weighted by molar-refractivity contribution is 0.596. The van der Waals surface area contributed by atoms with Gasteiger partial charge in [-0.1, -0.05) is 66.7 Å². The standard InChI is InChI=1S/C48H27N7O2S/c49-28-30-19-24-40(31(27-30)29-50)58(56,57)33-22-20-32(21-23-33)53-37-14-4-1-11-34(37)43-46(53)44-35-12-2-5-15-38(35)54(41-17-7-9-25-51-41)48(44)45-36-13-3-6-16-39(36)55(47(43)45)42-18-8-10-26-52-42/h1-27H. The minimum Gasteiger partial charge on any atom is -0.308 e. The van der Waals surface area contributed by atoms with E-state index in [0.717, 1.165) is 82.7 Å². The lowest BCUT2D eigenvalue weighted by atomic mass is 10.0. The van der Waals surface area contributed by atoms with Gasteiger partial charge in [-0.15, -0.1) is 0 Å². The zero-order valence-electron chi connectivity index (χ0n) is 30.4. The van der Waals surface area contributed by atoms with E-state index in [2.05, 4.69) is 68.3 Å². The smallest absolute Gasteiger partial charge is 0.207 e. The number of nitrogens with zero attached hydrogens (tertiary/aromatic N) is 7. The fourth-order valence-corrected chi connectivity index (χ4v) is 10.1. The number of para-hydroxylation sites is 3. The molecule has 6 aromatic carbocycles. The van der Waals surface area contributed by atoms with Gasteiger partial charge < -0.3 is 4.57 Å². The van der Waals surface area contributed by atoms with Crippen molar-refractivity contribution in [3.05, 3.63) is 175 Å². The number of nitriles is 2. The van der Waals surface area contributed by atoms with Crippen molar-refractivity contribution in [3.63, 3.8) is 0 Å². The second-order valence-electron chi connectivity index (χ2n) is 14.0. The largest absolute Gasteiger partial charge is 0.308 e. The summed E-state index contributed by atoms with van der Waals surface area (Å²) in [6.45, 7) is 0. The maximum absolute atomic E-state index is 14.0. The van der Waals surface area contributed by atoms with Crippen LogP contribution in [0.15, 0.2) is 174 Å². The molecule has 0 saturated carbocycles. The summed E-state index contributed by atoms with van der Waals surface area (Å²) in [4.78, 5) is 9.69. The Morgan fingerprint density at radius 1 is 0.483 bits per heavy atom. The molecule has 0 aliphatic heterocycles. The number of fused-ring (bicyclic) bond motifs is 12. The van der Waals surface area contributed by atoms with Gasteiger partial charge in [0.15, 0.2) is 0 Å². The normalized spacial score (nSPS) is 11.9. The molecule has 11 rings (SSSR count). The molecule has 10 heteroatoms. The SMILES string of the molecule is N#Cc1ccc(S(=O)(=O)c2ccc(-n3c4ccccc4c4c3c3c5ccccc5n(-c5ccccn5)c3c3c5ccccc5n(-c5ccccn5)c43)cc2)c(C#N)c1. The molecule has 272 valence electrons. The molecule has 9 nitrogen and oxygen atoms in total. The molecule has 0 unspecified atom stereocenters. The van der Waals surface area contributed by atoms with E-state index < -0.39 is 9.84 Å². The molecule has 0 fully saturated rings. The van der Waals surface area contributed by atoms with Gasteiger partial charge >= 0.3 is 0 Å². The van der Waals surface area contributed by atoms with Crippen molar-refractivity contribution in [2.75, 3.05) is 0 Å². The van der Waals surface area contributed by atoms with Crippen LogP contribution in [0.5, 0.6) is 0 Å². The van der Waals surface area contributed by atoms with Gasteiger partial charge in [-0.2, -0.15) is 10.5 Å². The Kier molecular flexibility index (Phi) is 7.17. The highest BCUT2D eigenvalue weighted by Gasteiger charge is 2.29. The fourth-order valence-electron chi connectivity index (χ4n) is 8.69. The Morgan fingerprint density at radius 2 is 0.948 bits per heavy atom. The monoisotopic (exact) mass is 765 g/mol. The second kappa shape index (κ2) is 12.5. The minimum absolute atomic E-state index is 0.0350. The predicted octanol–water partition coefficient (Wildman–Crippen LogP) is 10.3. The van der Waals surface area contributed by atoms with Crippen LogP contribution >= 0.6 is 0 Å². The first-order valence-electron chi connectivity index (χ1n) is 18.5. The van der Waals surface area contributed by atoms with E-state index >= 15 is 0 Å². The molecule has 0 spiro atoms. The van der Waals surface area contributed by atoms with E-state index in [1.807, 2.05) is 91.3 Å². The zero-order valence-corrected chi connectivity index (χ0v) is 31.3. The molecule has 5 heterocycles. The Morgan fingerprint density at radius 3 is 1.41 bits per heavy atom. The van der Waals surface area contributed by atoms with Gasteiger partial charge in [0.2, 0.25) is 9.84 Å². The molecule has 0 amide bonds. The molecule has 0 aliphatic carbocycles. The van der Waals surface area contributed by atoms with Crippen LogP contribution in [-0.2, 0) is 9.84 Å². The highest BCUT2D eigenvalue weighted by molar-refractivity contribution is 7.91. The third kappa shape index (κ3) is 4.58. The number of aromatic nitrogens is 5. The van der Waals surface area contributed by atoms with Crippen LogP contribution < -0.4 is 0 Å². The van der Waals surface area contributed by atoms with Crippen molar-refractivity contribution in [3.8, 4) is 29.5 Å². The quantitative estimate of drug-likeness (QED) is 0.172. The summed E-state index contributed by atoms with van der Waals surface area (Å²) in [6, 6.07) is 51.8. The van der Waals surface area contributed by atoms with Crippen molar-refractivity contribution >= 4 is 75.3 Å². The van der Waals surface area contributed by atoms with Gasteiger partial charge in [-0.25, -0.2) is 18.4 Å². The summed E-state index contributed by atoms with van der Waals surface area (Å²) in [5.74, 6) is 1.56. The second-order valence-corrected chi connectivity index (χ2v) is 16.0. The van der Waals surface area contributed by atoms with E-state index in [1.165, 1.54) is 18.2 Å². The van der Waals surface area contributed by atoms with Crippen LogP contribution in [0.2, 0.25) is 0 Å². The minimum atomic E-state index is -4.11. The molecule has 0 N–H and O–H groups in total. The third-order valence-electron chi connectivity index (χ3n) is 11.0. The topological polar surface area (TPSA) is 122 Å². The molecule has 0 atom stereocenters. The Balaban J connectivity index is 1.33. The van der Waals surface area contributed by atoms with Crippen molar-refractivity contribution in [1.82, 2.24) is 23.7 Å². The van der Waals surface area contributed by atoms with E-state index in [1.54, 1.807) is 12.1 Å². The predicted molar refractivity (Wildman–Crippen MR) is 226 cm³/mol. The summed E-state index contributed by atoms with van der Waals surface area (Å²) >= 11 is 0. The summed E-state index contributed by atoms with van der Waals surface area (Å²) in [6.07, 6.45) is 3.62. The van der Waals surface area contributed by atoms with Crippen molar-refractivity contribution in [2.45, 2.75) is 9.79 Å². The Hall–Kier alpha value is -8.05. The first kappa shape index (κ1) is 33.3. The van der Waals surface area contributed by atoms with Crippen LogP contribution in [0.3, 0.4) is 0 Å². The zero-order chi connectivity index (χ0) is 39.1. The van der Waals surface area contributed by atoms with Crippen LogP contribution in [0.4, 0.5) is 0 Å². The number of pyridine rings is 2. The van der Waals surface area contributed by atoms with E-state index in [0.29, 0.717) is 0 Å². The van der Waals surface area contributed by atoms with Crippen LogP contribution in [0.25, 0.3) is 82.7 Å². The number of sulfone groups is 1. The number of hydrogen-bond donors (Lipinski definition) is 0. The van der Waals surface area contributed by atoms with Gasteiger partial charge in [-0.3, -0.25) is 9.13 Å². The molecule has 0 aliphatic rings. The maximum atomic E-state index is 14.0. The molecular weight excluding hydrogens is 739 g/mol. The average molecular weight is 766 g/mol. The van der Waals surface area contributed by atoms with Gasteiger partial charge in [0.05, 0.1) is 60.1 Å². The molecule has 5 aromatic heterocycles. The molecule has 58 heavy (non-hydrogen) atoms. The van der Waals surface area contributed by atoms with Crippen molar-refractivity contribution in [2.24, 2.45) is 0 Å². The Bertz CT molecular complexity index is 3630. The highest BCUT2D eigenvalue weighted by atomic mass is 32.2. The fraction of sp³-hybridized carbons (Fsp3) is 0. The summed E-state index contributed by atoms with van der Waals surface area (Å²) in [5.41, 5.74) is 6.75. The highest BCUT2D eigenvalue weighted by Crippen LogP contribution is 2.50. The molecular formula is C48H27N7O2S. The molecule has 0 radical (unpaired) electrons. The Labute approximate surface area is 331 Å². The lowest BCUT2D eigenvalue weighted by Gasteiger charge is -2.13. The first-order chi connectivity index (χ1) is 28.5. The summed E-state index contributed by atoms with van der Waals surface area (Å²) < 4.78 is 34.8. The van der Waals surface area contributed by atoms with E-state index in [4.69, 9.17) is 9.97 Å². The molecule has 11 aromatic rings. The van der Waals surface area contributed by atoms with Crippen LogP contribution in [0.1, 0.15) is 11.1 Å². The number of hydrogen-bond acceptors (Lipinski definition) is 6. The van der Waals surface area contributed by atoms with E-state index in [-0.39, 0.29) is 20.9 Å². The summed E-state index contributed by atoms with van der Waals surface area (Å²) in [5, 5.41) is 25.4. The lowest BCUT2D eigenvalue weighted by Crippen LogP contribution is -2.05. The molecule has 0 saturated heterocycles. The van der Waals surface area contributed by atoms with Crippen LogP contribution in [-0.4, -0.2) is 32.1 Å². The average Bonchev–Trinajstić information content (AvgIpc) is 3.93. The number of benzene rings is 6. The van der Waals surface area contributed by atoms with E-state index in [9.17, 15) is 18.9 Å².